The van der Waals surface area contributed by atoms with Gasteiger partial charge in [0.15, 0.2) is 0 Å². The van der Waals surface area contributed by atoms with Crippen LogP contribution < -0.4 is 14.8 Å². The summed E-state index contributed by atoms with van der Waals surface area (Å²) < 4.78 is 35.4. The molecule has 10 nitrogen and oxygen atoms in total. The summed E-state index contributed by atoms with van der Waals surface area (Å²) in [6, 6.07) is 13.0. The molecule has 40 heavy (non-hydrogen) atoms. The van der Waals surface area contributed by atoms with Gasteiger partial charge in [0.05, 0.1) is 22.2 Å². The van der Waals surface area contributed by atoms with E-state index in [1.165, 1.54) is 18.2 Å². The van der Waals surface area contributed by atoms with E-state index >= 15 is 0 Å². The van der Waals surface area contributed by atoms with Crippen LogP contribution >= 0.6 is 12.4 Å². The highest BCUT2D eigenvalue weighted by molar-refractivity contribution is 7.92. The van der Waals surface area contributed by atoms with Crippen LogP contribution in [0.25, 0.3) is 11.3 Å². The Morgan fingerprint density at radius 3 is 2.55 bits per heavy atom. The van der Waals surface area contributed by atoms with Crippen molar-refractivity contribution >= 4 is 34.3 Å². The Bertz CT molecular complexity index is 1480. The maximum Gasteiger partial charge on any atom is 0.335 e. The molecule has 2 fully saturated rings. The SMILES string of the molecule is Cc1cccc(C)c1-c1cc(OC2CNCC3CCCN(C)C32)nc(NS(=O)(=O)c2cccc(C(=O)O)c2)n1.Cl. The lowest BCUT2D eigenvalue weighted by Gasteiger charge is -2.46. The zero-order valence-corrected chi connectivity index (χ0v) is 24.3. The predicted octanol–water partition coefficient (Wildman–Crippen LogP) is 3.74. The molecule has 3 atom stereocenters. The third kappa shape index (κ3) is 6.22. The van der Waals surface area contributed by atoms with Crippen LogP contribution in [0.4, 0.5) is 5.95 Å². The Balaban J connectivity index is 0.00000370. The molecule has 1 aromatic heterocycles. The number of rotatable bonds is 7. The molecule has 0 aliphatic carbocycles. The summed E-state index contributed by atoms with van der Waals surface area (Å²) >= 11 is 0. The first kappa shape index (κ1) is 29.7. The van der Waals surface area contributed by atoms with E-state index in [0.29, 0.717) is 18.2 Å². The van der Waals surface area contributed by atoms with Gasteiger partial charge < -0.3 is 15.2 Å². The summed E-state index contributed by atoms with van der Waals surface area (Å²) in [5, 5.41) is 12.8. The maximum absolute atomic E-state index is 13.2. The minimum atomic E-state index is -4.18. The molecule has 12 heteroatoms. The first-order valence-electron chi connectivity index (χ1n) is 13.0. The number of carboxylic acids is 1. The second-order valence-electron chi connectivity index (χ2n) is 10.3. The third-order valence-corrected chi connectivity index (χ3v) is 8.87. The molecule has 2 aromatic carbocycles. The summed E-state index contributed by atoms with van der Waals surface area (Å²) in [4.78, 5) is 22.6. The number of sulfonamides is 1. The van der Waals surface area contributed by atoms with Gasteiger partial charge in [0, 0.05) is 18.2 Å². The van der Waals surface area contributed by atoms with E-state index in [4.69, 9.17) is 4.74 Å². The van der Waals surface area contributed by atoms with Crippen molar-refractivity contribution in [3.63, 3.8) is 0 Å². The number of aromatic nitrogens is 2. The number of aromatic carboxylic acids is 1. The summed E-state index contributed by atoms with van der Waals surface area (Å²) in [6.45, 7) is 6.53. The van der Waals surface area contributed by atoms with Crippen molar-refractivity contribution in [3.8, 4) is 17.1 Å². The number of carbonyl (C=O) groups is 1. The van der Waals surface area contributed by atoms with Crippen LogP contribution in [0.2, 0.25) is 0 Å². The molecular formula is C28H34ClN5O5S. The Morgan fingerprint density at radius 1 is 1.10 bits per heavy atom. The topological polar surface area (TPSA) is 134 Å². The molecule has 3 N–H and O–H groups in total. The van der Waals surface area contributed by atoms with E-state index in [-0.39, 0.29) is 46.8 Å². The van der Waals surface area contributed by atoms with E-state index in [2.05, 4.69) is 32.0 Å². The van der Waals surface area contributed by atoms with Crippen LogP contribution in [0.1, 0.15) is 34.3 Å². The second kappa shape index (κ2) is 12.1. The van der Waals surface area contributed by atoms with Crippen LogP contribution in [-0.4, -0.2) is 73.2 Å². The standard InChI is InChI=1S/C28H33N5O5S.ClH/c1-17-7-4-8-18(2)25(17)22-14-24(38-23-16-29-15-20-10-6-12-33(3)26(20)23)31-28(30-22)32-39(36,37)21-11-5-9-19(13-21)27(34)35;/h4-5,7-9,11,13-14,20,23,26,29H,6,10,12,15-16H2,1-3H3,(H,34,35)(H,30,31,32);1H. The average Bonchev–Trinajstić information content (AvgIpc) is 2.88. The highest BCUT2D eigenvalue weighted by Crippen LogP contribution is 2.32. The number of anilines is 1. The molecule has 0 amide bonds. The quantitative estimate of drug-likeness (QED) is 0.378. The molecule has 3 unspecified atom stereocenters. The van der Waals surface area contributed by atoms with Gasteiger partial charge in [-0.05, 0) is 82.1 Å². The number of halogens is 1. The monoisotopic (exact) mass is 587 g/mol. The van der Waals surface area contributed by atoms with E-state index in [0.717, 1.165) is 48.7 Å². The number of nitrogens with one attached hydrogen (secondary N) is 2. The van der Waals surface area contributed by atoms with Gasteiger partial charge in [-0.3, -0.25) is 4.90 Å². The van der Waals surface area contributed by atoms with Crippen LogP contribution in [0.5, 0.6) is 5.88 Å². The number of benzene rings is 2. The lowest BCUT2D eigenvalue weighted by Crippen LogP contribution is -2.61. The normalized spacial score (nSPS) is 21.1. The van der Waals surface area contributed by atoms with E-state index in [1.54, 1.807) is 6.07 Å². The molecule has 0 saturated carbocycles. The Labute approximate surface area is 240 Å². The zero-order chi connectivity index (χ0) is 27.7. The van der Waals surface area contributed by atoms with Gasteiger partial charge in [-0.15, -0.1) is 12.4 Å². The summed E-state index contributed by atoms with van der Waals surface area (Å²) in [7, 11) is -2.06. The van der Waals surface area contributed by atoms with Crippen molar-refractivity contribution in [1.82, 2.24) is 20.2 Å². The summed E-state index contributed by atoms with van der Waals surface area (Å²) in [5.74, 6) is -0.640. The number of hydrogen-bond acceptors (Lipinski definition) is 8. The van der Waals surface area contributed by atoms with Gasteiger partial charge in [0.1, 0.15) is 6.10 Å². The van der Waals surface area contributed by atoms with Crippen molar-refractivity contribution in [3.05, 3.63) is 65.2 Å². The number of aryl methyl sites for hydroxylation is 2. The number of piperidine rings is 2. The van der Waals surface area contributed by atoms with Gasteiger partial charge in [-0.2, -0.15) is 4.98 Å². The van der Waals surface area contributed by atoms with Gasteiger partial charge >= 0.3 is 5.97 Å². The van der Waals surface area contributed by atoms with Gasteiger partial charge in [0.2, 0.25) is 11.8 Å². The summed E-state index contributed by atoms with van der Waals surface area (Å²) in [5.41, 5.74) is 3.23. The fourth-order valence-corrected chi connectivity index (χ4v) is 6.73. The van der Waals surface area contributed by atoms with Crippen LogP contribution in [0.15, 0.2) is 53.4 Å². The molecular weight excluding hydrogens is 554 g/mol. The van der Waals surface area contributed by atoms with E-state index in [9.17, 15) is 18.3 Å². The number of nitrogens with zero attached hydrogens (tertiary/aromatic N) is 3. The highest BCUT2D eigenvalue weighted by atomic mass is 35.5. The fourth-order valence-electron chi connectivity index (χ4n) is 5.74. The molecule has 3 heterocycles. The van der Waals surface area contributed by atoms with Crippen LogP contribution in [0.3, 0.4) is 0 Å². The van der Waals surface area contributed by atoms with E-state index < -0.39 is 16.0 Å². The smallest absolute Gasteiger partial charge is 0.335 e. The molecule has 2 saturated heterocycles. The minimum Gasteiger partial charge on any atom is -0.478 e. The lowest BCUT2D eigenvalue weighted by atomic mass is 9.83. The Hall–Kier alpha value is -3.25. The van der Waals surface area contributed by atoms with Crippen LogP contribution in [-0.2, 0) is 10.0 Å². The fraction of sp³-hybridized carbons (Fsp3) is 0.393. The average molecular weight is 588 g/mol. The van der Waals surface area contributed by atoms with Crippen LogP contribution in [0, 0.1) is 19.8 Å². The number of likely N-dealkylation sites (tertiary alicyclic amines) is 1. The summed E-state index contributed by atoms with van der Waals surface area (Å²) in [6.07, 6.45) is 2.09. The van der Waals surface area contributed by atoms with Gasteiger partial charge in [-0.1, -0.05) is 24.3 Å². The molecule has 0 radical (unpaired) electrons. The minimum absolute atomic E-state index is 0. The van der Waals surface area contributed by atoms with Crippen molar-refractivity contribution in [1.29, 1.82) is 0 Å². The number of carboxylic acid groups (broad SMARTS) is 1. The number of fused-ring (bicyclic) bond motifs is 1. The van der Waals surface area contributed by atoms with Crippen molar-refractivity contribution < 1.29 is 23.1 Å². The van der Waals surface area contributed by atoms with Crippen molar-refractivity contribution in [2.45, 2.75) is 43.7 Å². The third-order valence-electron chi connectivity index (χ3n) is 7.54. The lowest BCUT2D eigenvalue weighted by molar-refractivity contribution is -0.00275. The molecule has 2 aliphatic heterocycles. The maximum atomic E-state index is 13.2. The molecule has 214 valence electrons. The number of hydrogen-bond donors (Lipinski definition) is 3. The molecule has 2 aliphatic rings. The zero-order valence-electron chi connectivity index (χ0n) is 22.6. The number of likely N-dealkylation sites (N-methyl/N-ethyl adjacent to an activating group) is 1. The van der Waals surface area contributed by atoms with Gasteiger partial charge in [0.25, 0.3) is 10.0 Å². The first-order valence-corrected chi connectivity index (χ1v) is 14.5. The van der Waals surface area contributed by atoms with Crippen molar-refractivity contribution in [2.75, 3.05) is 31.4 Å². The predicted molar refractivity (Wildman–Crippen MR) is 155 cm³/mol. The molecule has 3 aromatic rings. The molecule has 0 bridgehead atoms. The molecule has 5 rings (SSSR count). The van der Waals surface area contributed by atoms with Gasteiger partial charge in [-0.25, -0.2) is 22.9 Å². The Morgan fingerprint density at radius 2 is 1.82 bits per heavy atom. The van der Waals surface area contributed by atoms with Crippen molar-refractivity contribution in [2.24, 2.45) is 5.92 Å². The highest BCUT2D eigenvalue weighted by Gasteiger charge is 2.39. The molecule has 0 spiro atoms. The second-order valence-corrected chi connectivity index (χ2v) is 12.0. The largest absolute Gasteiger partial charge is 0.478 e. The number of ether oxygens (including phenoxy) is 1. The van der Waals surface area contributed by atoms with E-state index in [1.807, 2.05) is 32.0 Å². The Kier molecular flexibility index (Phi) is 8.99. The first-order chi connectivity index (χ1) is 18.6.